The molecular formula is C22H22N2O5. The van der Waals surface area contributed by atoms with E-state index in [0.717, 1.165) is 24.2 Å². The van der Waals surface area contributed by atoms with E-state index in [0.29, 0.717) is 17.9 Å². The number of carbonyl (C=O) groups excluding carboxylic acids is 2. The summed E-state index contributed by atoms with van der Waals surface area (Å²) in [5.41, 5.74) is 2.01. The molecule has 29 heavy (non-hydrogen) atoms. The number of nitrogens with one attached hydrogen (secondary N) is 2. The topological polar surface area (TPSA) is 105 Å². The molecule has 0 unspecified atom stereocenters. The van der Waals surface area contributed by atoms with Gasteiger partial charge in [0.05, 0.1) is 13.0 Å². The largest absolute Gasteiger partial charge is 0.493 e. The smallest absolute Gasteiger partial charge is 0.305 e. The van der Waals surface area contributed by atoms with Crippen molar-refractivity contribution in [2.45, 2.75) is 24.7 Å². The third kappa shape index (κ3) is 3.81. The van der Waals surface area contributed by atoms with Crippen LogP contribution in [0.5, 0.6) is 5.75 Å². The molecule has 1 spiro atoms. The number of amides is 2. The van der Waals surface area contributed by atoms with Gasteiger partial charge in [-0.05, 0) is 43.2 Å². The SMILES string of the molecule is O=C(O)CCNC(=O)c1ccc(NC(=O)[C@@H]2C[C@]23CCOc2ccccc23)cc1. The quantitative estimate of drug-likeness (QED) is 0.698. The fourth-order valence-electron chi connectivity index (χ4n) is 4.02. The van der Waals surface area contributed by atoms with Crippen LogP contribution < -0.4 is 15.4 Å². The molecule has 0 radical (unpaired) electrons. The molecule has 1 saturated carbocycles. The summed E-state index contributed by atoms with van der Waals surface area (Å²) in [7, 11) is 0. The molecular weight excluding hydrogens is 372 g/mol. The summed E-state index contributed by atoms with van der Waals surface area (Å²) in [5, 5.41) is 14.1. The van der Waals surface area contributed by atoms with E-state index in [-0.39, 0.29) is 36.1 Å². The molecule has 2 atom stereocenters. The third-order valence-electron chi connectivity index (χ3n) is 5.66. The van der Waals surface area contributed by atoms with Crippen LogP contribution in [0.15, 0.2) is 48.5 Å². The number of hydrogen-bond acceptors (Lipinski definition) is 4. The van der Waals surface area contributed by atoms with E-state index in [1.54, 1.807) is 24.3 Å². The lowest BCUT2D eigenvalue weighted by atomic mass is 9.87. The van der Waals surface area contributed by atoms with Crippen molar-refractivity contribution in [1.29, 1.82) is 0 Å². The van der Waals surface area contributed by atoms with Crippen LogP contribution in [0.3, 0.4) is 0 Å². The first-order chi connectivity index (χ1) is 14.0. The number of hydrogen-bond donors (Lipinski definition) is 3. The second-order valence-electron chi connectivity index (χ2n) is 7.47. The normalized spacial score (nSPS) is 21.6. The maximum absolute atomic E-state index is 12.8. The highest BCUT2D eigenvalue weighted by Gasteiger charge is 2.60. The van der Waals surface area contributed by atoms with Crippen LogP contribution in [-0.2, 0) is 15.0 Å². The van der Waals surface area contributed by atoms with Crippen LogP contribution in [0.2, 0.25) is 0 Å². The molecule has 4 rings (SSSR count). The Morgan fingerprint density at radius 3 is 2.62 bits per heavy atom. The fraction of sp³-hybridized carbons (Fsp3) is 0.318. The molecule has 3 N–H and O–H groups in total. The van der Waals surface area contributed by atoms with Crippen LogP contribution in [-0.4, -0.2) is 36.0 Å². The van der Waals surface area contributed by atoms with Gasteiger partial charge in [0.1, 0.15) is 5.75 Å². The molecule has 1 aliphatic carbocycles. The lowest BCUT2D eigenvalue weighted by molar-refractivity contribution is -0.136. The van der Waals surface area contributed by atoms with Crippen molar-refractivity contribution in [2.75, 3.05) is 18.5 Å². The first-order valence-electron chi connectivity index (χ1n) is 9.63. The number of aliphatic carboxylic acids is 1. The zero-order valence-electron chi connectivity index (χ0n) is 15.8. The van der Waals surface area contributed by atoms with Gasteiger partial charge in [0, 0.05) is 34.7 Å². The van der Waals surface area contributed by atoms with E-state index in [1.165, 1.54) is 0 Å². The minimum absolute atomic E-state index is 0.0274. The summed E-state index contributed by atoms with van der Waals surface area (Å²) in [6.07, 6.45) is 1.51. The standard InChI is InChI=1S/C22H22N2O5/c25-19(26)9-11-23-20(27)14-5-7-15(8-6-14)24-21(28)17-13-22(17)10-12-29-18-4-2-1-3-16(18)22/h1-8,17H,9-13H2,(H,23,27)(H,24,28)(H,25,26)/t17-,22-/m0/s1. The number of para-hydroxylation sites is 1. The molecule has 2 aliphatic rings. The number of benzene rings is 2. The third-order valence-corrected chi connectivity index (χ3v) is 5.66. The summed E-state index contributed by atoms with van der Waals surface area (Å²) in [6, 6.07) is 14.5. The van der Waals surface area contributed by atoms with Crippen LogP contribution in [0.25, 0.3) is 0 Å². The first kappa shape index (κ1) is 19.0. The zero-order valence-corrected chi connectivity index (χ0v) is 15.8. The second-order valence-corrected chi connectivity index (χ2v) is 7.47. The summed E-state index contributed by atoms with van der Waals surface area (Å²) in [4.78, 5) is 35.3. The average molecular weight is 394 g/mol. The van der Waals surface area contributed by atoms with Crippen LogP contribution in [0.4, 0.5) is 5.69 Å². The van der Waals surface area contributed by atoms with Crippen molar-refractivity contribution < 1.29 is 24.2 Å². The van der Waals surface area contributed by atoms with Crippen LogP contribution in [0.1, 0.15) is 35.2 Å². The van der Waals surface area contributed by atoms with Gasteiger partial charge in [-0.2, -0.15) is 0 Å². The molecule has 1 fully saturated rings. The van der Waals surface area contributed by atoms with Crippen molar-refractivity contribution in [1.82, 2.24) is 5.32 Å². The lowest BCUT2D eigenvalue weighted by Crippen LogP contribution is -2.27. The van der Waals surface area contributed by atoms with Crippen molar-refractivity contribution in [3.05, 3.63) is 59.7 Å². The number of anilines is 1. The van der Waals surface area contributed by atoms with Crippen LogP contribution in [0, 0.1) is 5.92 Å². The summed E-state index contributed by atoms with van der Waals surface area (Å²) < 4.78 is 5.72. The Labute approximate surface area is 168 Å². The van der Waals surface area contributed by atoms with E-state index in [1.807, 2.05) is 24.3 Å². The Bertz CT molecular complexity index is 956. The average Bonchev–Trinajstić information content (AvgIpc) is 3.43. The summed E-state index contributed by atoms with van der Waals surface area (Å²) in [6.45, 7) is 0.689. The molecule has 1 aliphatic heterocycles. The predicted octanol–water partition coefficient (Wildman–Crippen LogP) is 2.57. The molecule has 2 amide bonds. The van der Waals surface area contributed by atoms with E-state index >= 15 is 0 Å². The Balaban J connectivity index is 1.37. The predicted molar refractivity (Wildman–Crippen MR) is 106 cm³/mol. The number of fused-ring (bicyclic) bond motifs is 2. The number of ether oxygens (including phenoxy) is 1. The minimum Gasteiger partial charge on any atom is -0.493 e. The van der Waals surface area contributed by atoms with Gasteiger partial charge in [-0.1, -0.05) is 18.2 Å². The highest BCUT2D eigenvalue weighted by Crippen LogP contribution is 2.60. The zero-order chi connectivity index (χ0) is 20.4. The number of carboxylic acids is 1. The molecule has 2 aromatic rings. The maximum atomic E-state index is 12.8. The second kappa shape index (κ2) is 7.58. The Hall–Kier alpha value is -3.35. The van der Waals surface area contributed by atoms with Crippen molar-refractivity contribution in [3.8, 4) is 5.75 Å². The van der Waals surface area contributed by atoms with Gasteiger partial charge in [0.25, 0.3) is 5.91 Å². The molecule has 7 nitrogen and oxygen atoms in total. The Kier molecular flexibility index (Phi) is 4.96. The maximum Gasteiger partial charge on any atom is 0.305 e. The van der Waals surface area contributed by atoms with Gasteiger partial charge >= 0.3 is 5.97 Å². The monoisotopic (exact) mass is 394 g/mol. The van der Waals surface area contributed by atoms with Crippen molar-refractivity contribution >= 4 is 23.5 Å². The number of rotatable bonds is 6. The van der Waals surface area contributed by atoms with Crippen molar-refractivity contribution in [2.24, 2.45) is 5.92 Å². The van der Waals surface area contributed by atoms with E-state index in [2.05, 4.69) is 10.6 Å². The number of carbonyl (C=O) groups is 3. The molecule has 150 valence electrons. The van der Waals surface area contributed by atoms with E-state index < -0.39 is 5.97 Å². The van der Waals surface area contributed by atoms with Gasteiger partial charge in [-0.15, -0.1) is 0 Å². The Morgan fingerprint density at radius 2 is 1.86 bits per heavy atom. The lowest BCUT2D eigenvalue weighted by Gasteiger charge is -2.26. The Morgan fingerprint density at radius 1 is 1.10 bits per heavy atom. The van der Waals surface area contributed by atoms with Gasteiger partial charge in [-0.3, -0.25) is 14.4 Å². The number of carboxylic acid groups (broad SMARTS) is 1. The highest BCUT2D eigenvalue weighted by molar-refractivity contribution is 5.98. The van der Waals surface area contributed by atoms with Crippen molar-refractivity contribution in [3.63, 3.8) is 0 Å². The molecule has 1 heterocycles. The summed E-state index contributed by atoms with van der Waals surface area (Å²) >= 11 is 0. The molecule has 0 bridgehead atoms. The first-order valence-corrected chi connectivity index (χ1v) is 9.63. The fourth-order valence-corrected chi connectivity index (χ4v) is 4.02. The van der Waals surface area contributed by atoms with Gasteiger partial charge in [0.15, 0.2) is 0 Å². The van der Waals surface area contributed by atoms with Gasteiger partial charge in [-0.25, -0.2) is 0 Å². The van der Waals surface area contributed by atoms with E-state index in [9.17, 15) is 14.4 Å². The highest BCUT2D eigenvalue weighted by atomic mass is 16.5. The van der Waals surface area contributed by atoms with Crippen LogP contribution >= 0.6 is 0 Å². The summed E-state index contributed by atoms with van der Waals surface area (Å²) in [5.74, 6) is -0.559. The molecule has 0 aromatic heterocycles. The van der Waals surface area contributed by atoms with Gasteiger partial charge < -0.3 is 20.5 Å². The van der Waals surface area contributed by atoms with Gasteiger partial charge in [0.2, 0.25) is 5.91 Å². The molecule has 7 heteroatoms. The van der Waals surface area contributed by atoms with E-state index in [4.69, 9.17) is 9.84 Å². The molecule has 2 aromatic carbocycles. The minimum atomic E-state index is -0.964. The molecule has 0 saturated heterocycles.